The lowest BCUT2D eigenvalue weighted by molar-refractivity contribution is 0.0399. The van der Waals surface area contributed by atoms with Crippen molar-refractivity contribution in [3.05, 3.63) is 23.2 Å². The third-order valence-corrected chi connectivity index (χ3v) is 4.62. The first-order chi connectivity index (χ1) is 9.76. The van der Waals surface area contributed by atoms with Crippen molar-refractivity contribution in [2.45, 2.75) is 40.5 Å². The molecule has 1 atom stereocenters. The van der Waals surface area contributed by atoms with Crippen LogP contribution in [0.3, 0.4) is 0 Å². The zero-order valence-corrected chi connectivity index (χ0v) is 13.1. The van der Waals surface area contributed by atoms with E-state index in [1.54, 1.807) is 4.90 Å². The molecule has 1 unspecified atom stereocenters. The number of piperidine rings is 1. The van der Waals surface area contributed by atoms with Crippen molar-refractivity contribution in [1.82, 2.24) is 4.90 Å². The van der Waals surface area contributed by atoms with Gasteiger partial charge in [-0.05, 0) is 17.8 Å². The second-order valence-corrected chi connectivity index (χ2v) is 6.51. The minimum absolute atomic E-state index is 0.0592. The number of likely N-dealkylation sites (tertiary alicyclic amines) is 1. The Morgan fingerprint density at radius 1 is 1.48 bits per heavy atom. The molecule has 1 N–H and O–H groups in total. The quantitative estimate of drug-likeness (QED) is 0.929. The van der Waals surface area contributed by atoms with Crippen LogP contribution in [0.2, 0.25) is 0 Å². The summed E-state index contributed by atoms with van der Waals surface area (Å²) >= 11 is 0. The Hall–Kier alpha value is -1.78. The number of aryl methyl sites for hydroxylation is 1. The molecule has 1 saturated heterocycles. The maximum atomic E-state index is 12.5. The van der Waals surface area contributed by atoms with Crippen molar-refractivity contribution in [1.29, 1.82) is 0 Å². The number of hydrogen-bond acceptors (Lipinski definition) is 3. The van der Waals surface area contributed by atoms with Crippen LogP contribution >= 0.6 is 0 Å². The monoisotopic (exact) mass is 293 g/mol. The average molecular weight is 293 g/mol. The van der Waals surface area contributed by atoms with Crippen molar-refractivity contribution in [3.63, 3.8) is 0 Å². The molecule has 5 nitrogen and oxygen atoms in total. The number of carboxylic acid groups (broad SMARTS) is 1. The third-order valence-electron chi connectivity index (χ3n) is 4.62. The summed E-state index contributed by atoms with van der Waals surface area (Å²) in [5, 5.41) is 9.14. The summed E-state index contributed by atoms with van der Waals surface area (Å²) in [6.45, 7) is 9.67. The van der Waals surface area contributed by atoms with E-state index in [-0.39, 0.29) is 22.6 Å². The maximum Gasteiger partial charge on any atom is 0.339 e. The second kappa shape index (κ2) is 5.54. The Balaban J connectivity index is 2.23. The predicted molar refractivity (Wildman–Crippen MR) is 78.5 cm³/mol. The molecule has 1 aliphatic heterocycles. The van der Waals surface area contributed by atoms with Crippen LogP contribution in [0.5, 0.6) is 0 Å². The number of carbonyl (C=O) groups excluding carboxylic acids is 1. The molecule has 2 heterocycles. The number of hydrogen-bond donors (Lipinski definition) is 1. The van der Waals surface area contributed by atoms with Crippen LogP contribution in [0.4, 0.5) is 0 Å². The Labute approximate surface area is 124 Å². The summed E-state index contributed by atoms with van der Waals surface area (Å²) in [4.78, 5) is 25.5. The van der Waals surface area contributed by atoms with Crippen LogP contribution < -0.4 is 0 Å². The van der Waals surface area contributed by atoms with Gasteiger partial charge in [0.15, 0.2) is 5.76 Å². The summed E-state index contributed by atoms with van der Waals surface area (Å²) in [6, 6.07) is 1.36. The van der Waals surface area contributed by atoms with Crippen molar-refractivity contribution < 1.29 is 19.1 Å². The van der Waals surface area contributed by atoms with Gasteiger partial charge in [0.1, 0.15) is 11.3 Å². The molecule has 1 aromatic rings. The van der Waals surface area contributed by atoms with Gasteiger partial charge in [0.05, 0.1) is 0 Å². The largest absolute Gasteiger partial charge is 0.478 e. The van der Waals surface area contributed by atoms with Crippen LogP contribution in [0.25, 0.3) is 0 Å². The fourth-order valence-electron chi connectivity index (χ4n) is 2.77. The molecule has 1 amide bonds. The van der Waals surface area contributed by atoms with E-state index in [0.717, 1.165) is 6.42 Å². The highest BCUT2D eigenvalue weighted by molar-refractivity contribution is 5.96. The number of carbonyl (C=O) groups is 2. The number of carboxylic acids is 1. The first kappa shape index (κ1) is 15.6. The summed E-state index contributed by atoms with van der Waals surface area (Å²) in [5.74, 6) is -0.219. The zero-order valence-electron chi connectivity index (χ0n) is 13.1. The molecule has 1 aromatic heterocycles. The number of amides is 1. The van der Waals surface area contributed by atoms with Crippen molar-refractivity contribution in [3.8, 4) is 0 Å². The van der Waals surface area contributed by atoms with Crippen LogP contribution in [0.1, 0.15) is 60.8 Å². The van der Waals surface area contributed by atoms with Crippen LogP contribution in [0.15, 0.2) is 10.5 Å². The van der Waals surface area contributed by atoms with E-state index >= 15 is 0 Å². The molecular weight excluding hydrogens is 270 g/mol. The molecule has 0 aromatic carbocycles. The third kappa shape index (κ3) is 2.96. The SMILES string of the molecule is CCc1oc(C(=O)N2CCC(C)C(C)(C)C2)cc1C(=O)O. The molecule has 0 radical (unpaired) electrons. The van der Waals surface area contributed by atoms with Crippen molar-refractivity contribution in [2.24, 2.45) is 11.3 Å². The molecule has 0 spiro atoms. The minimum Gasteiger partial charge on any atom is -0.478 e. The van der Waals surface area contributed by atoms with E-state index in [0.29, 0.717) is 31.2 Å². The highest BCUT2D eigenvalue weighted by Crippen LogP contribution is 2.35. The summed E-state index contributed by atoms with van der Waals surface area (Å²) in [5.41, 5.74) is 0.148. The smallest absolute Gasteiger partial charge is 0.339 e. The van der Waals surface area contributed by atoms with E-state index in [2.05, 4.69) is 20.8 Å². The lowest BCUT2D eigenvalue weighted by atomic mass is 9.75. The lowest BCUT2D eigenvalue weighted by Crippen LogP contribution is -2.47. The normalized spacial score (nSPS) is 21.3. The van der Waals surface area contributed by atoms with Gasteiger partial charge in [0, 0.05) is 25.6 Å². The van der Waals surface area contributed by atoms with Gasteiger partial charge < -0.3 is 14.4 Å². The van der Waals surface area contributed by atoms with Gasteiger partial charge in [-0.25, -0.2) is 4.79 Å². The standard InChI is InChI=1S/C16H23NO4/c1-5-12-11(15(19)20)8-13(21-12)14(18)17-7-6-10(2)16(3,4)9-17/h8,10H,5-7,9H2,1-4H3,(H,19,20). The van der Waals surface area contributed by atoms with Crippen molar-refractivity contribution >= 4 is 11.9 Å². The van der Waals surface area contributed by atoms with Crippen LogP contribution in [-0.2, 0) is 6.42 Å². The molecule has 21 heavy (non-hydrogen) atoms. The van der Waals surface area contributed by atoms with Crippen LogP contribution in [-0.4, -0.2) is 35.0 Å². The molecule has 0 bridgehead atoms. The number of nitrogens with zero attached hydrogens (tertiary/aromatic N) is 1. The van der Waals surface area contributed by atoms with E-state index < -0.39 is 5.97 Å². The molecule has 116 valence electrons. The molecule has 1 fully saturated rings. The predicted octanol–water partition coefficient (Wildman–Crippen LogP) is 3.05. The highest BCUT2D eigenvalue weighted by Gasteiger charge is 2.36. The van der Waals surface area contributed by atoms with Gasteiger partial charge in [-0.1, -0.05) is 27.7 Å². The maximum absolute atomic E-state index is 12.5. The summed E-state index contributed by atoms with van der Waals surface area (Å²) in [6.07, 6.45) is 1.41. The van der Waals surface area contributed by atoms with Gasteiger partial charge >= 0.3 is 5.97 Å². The Bertz CT molecular complexity index is 559. The Kier molecular flexibility index (Phi) is 4.12. The van der Waals surface area contributed by atoms with E-state index in [1.165, 1.54) is 6.07 Å². The fourth-order valence-corrected chi connectivity index (χ4v) is 2.77. The first-order valence-corrected chi connectivity index (χ1v) is 7.41. The average Bonchev–Trinajstić information content (AvgIpc) is 2.85. The minimum atomic E-state index is -1.05. The fraction of sp³-hybridized carbons (Fsp3) is 0.625. The Morgan fingerprint density at radius 3 is 2.62 bits per heavy atom. The Morgan fingerprint density at radius 2 is 2.14 bits per heavy atom. The molecule has 0 aliphatic carbocycles. The lowest BCUT2D eigenvalue weighted by Gasteiger charge is -2.42. The van der Waals surface area contributed by atoms with Crippen molar-refractivity contribution in [2.75, 3.05) is 13.1 Å². The summed E-state index contributed by atoms with van der Waals surface area (Å²) in [7, 11) is 0. The van der Waals surface area contributed by atoms with E-state index in [9.17, 15) is 9.59 Å². The van der Waals surface area contributed by atoms with Gasteiger partial charge in [-0.2, -0.15) is 0 Å². The van der Waals surface area contributed by atoms with Gasteiger partial charge in [-0.3, -0.25) is 4.79 Å². The number of aromatic carboxylic acids is 1. The van der Waals surface area contributed by atoms with Gasteiger partial charge in [0.25, 0.3) is 5.91 Å². The second-order valence-electron chi connectivity index (χ2n) is 6.51. The van der Waals surface area contributed by atoms with Gasteiger partial charge in [0.2, 0.25) is 0 Å². The van der Waals surface area contributed by atoms with E-state index in [1.807, 2.05) is 6.92 Å². The summed E-state index contributed by atoms with van der Waals surface area (Å²) < 4.78 is 5.46. The molecule has 1 aliphatic rings. The topological polar surface area (TPSA) is 70.8 Å². The number of rotatable bonds is 3. The van der Waals surface area contributed by atoms with Crippen LogP contribution in [0, 0.1) is 11.3 Å². The van der Waals surface area contributed by atoms with Gasteiger partial charge in [-0.15, -0.1) is 0 Å². The molecule has 2 rings (SSSR count). The van der Waals surface area contributed by atoms with E-state index in [4.69, 9.17) is 9.52 Å². The first-order valence-electron chi connectivity index (χ1n) is 7.41. The molecule has 0 saturated carbocycles. The zero-order chi connectivity index (χ0) is 15.8. The molecular formula is C16H23NO4. The number of furan rings is 1. The highest BCUT2D eigenvalue weighted by atomic mass is 16.4. The molecule has 5 heteroatoms.